The zero-order chi connectivity index (χ0) is 19.3. The number of nitrogens with zero attached hydrogens (tertiary/aromatic N) is 2. The number of Topliss-reactive ketones (excluding diaryl/α,β-unsaturated/α-hetero) is 2. The van der Waals surface area contributed by atoms with Gasteiger partial charge in [0.2, 0.25) is 0 Å². The molecule has 0 saturated heterocycles. The molecule has 2 aromatic rings. The lowest BCUT2D eigenvalue weighted by atomic mass is 9.70. The summed E-state index contributed by atoms with van der Waals surface area (Å²) in [6, 6.07) is 6.49. The van der Waals surface area contributed by atoms with Gasteiger partial charge in [-0.2, -0.15) is 5.10 Å². The summed E-state index contributed by atoms with van der Waals surface area (Å²) < 4.78 is 1.61. The Kier molecular flexibility index (Phi) is 3.62. The van der Waals surface area contributed by atoms with Crippen LogP contribution in [0.25, 0.3) is 0 Å². The third-order valence-electron chi connectivity index (χ3n) is 5.24. The molecule has 0 bridgehead atoms. The average Bonchev–Trinajstić information content (AvgIpc) is 2.97. The van der Waals surface area contributed by atoms with Crippen molar-refractivity contribution < 1.29 is 19.5 Å². The van der Waals surface area contributed by atoms with Crippen molar-refractivity contribution in [1.29, 1.82) is 0 Å². The predicted molar refractivity (Wildman–Crippen MR) is 97.8 cm³/mol. The van der Waals surface area contributed by atoms with Crippen LogP contribution < -0.4 is 5.32 Å². The lowest BCUT2D eigenvalue weighted by Gasteiger charge is -2.37. The van der Waals surface area contributed by atoms with Gasteiger partial charge in [0.05, 0.1) is 17.6 Å². The fourth-order valence-electron chi connectivity index (χ4n) is 3.65. The summed E-state index contributed by atoms with van der Waals surface area (Å²) in [6.45, 7) is 1.79. The largest absolute Gasteiger partial charge is 0.479 e. The van der Waals surface area contributed by atoms with Crippen molar-refractivity contribution in [3.8, 4) is 0 Å². The number of aliphatic carboxylic acids is 1. The van der Waals surface area contributed by atoms with Crippen LogP contribution in [-0.4, -0.2) is 38.0 Å². The van der Waals surface area contributed by atoms with Crippen molar-refractivity contribution in [2.45, 2.75) is 18.9 Å². The SMILES string of the molecule is Cc1c(NC2(C(=O)O)CC=CC3=C2C(=O)c2ccccc2C3=O)cnn1C. The second kappa shape index (κ2) is 5.77. The Labute approximate surface area is 155 Å². The van der Waals surface area contributed by atoms with Gasteiger partial charge in [-0.3, -0.25) is 14.3 Å². The Hall–Kier alpha value is -3.48. The van der Waals surface area contributed by atoms with E-state index in [1.54, 1.807) is 55.1 Å². The van der Waals surface area contributed by atoms with Crippen LogP contribution in [0, 0.1) is 6.92 Å². The number of aromatic nitrogens is 2. The summed E-state index contributed by atoms with van der Waals surface area (Å²) in [7, 11) is 1.74. The maximum Gasteiger partial charge on any atom is 0.334 e. The lowest BCUT2D eigenvalue weighted by Crippen LogP contribution is -2.53. The van der Waals surface area contributed by atoms with E-state index in [2.05, 4.69) is 10.4 Å². The van der Waals surface area contributed by atoms with Gasteiger partial charge in [-0.25, -0.2) is 4.79 Å². The minimum Gasteiger partial charge on any atom is -0.479 e. The highest BCUT2D eigenvalue weighted by Crippen LogP contribution is 2.40. The van der Waals surface area contributed by atoms with Crippen LogP contribution >= 0.6 is 0 Å². The van der Waals surface area contributed by atoms with Gasteiger partial charge in [-0.15, -0.1) is 0 Å². The fraction of sp³-hybridized carbons (Fsp3) is 0.200. The number of aryl methyl sites for hydroxylation is 1. The molecule has 1 heterocycles. The van der Waals surface area contributed by atoms with E-state index < -0.39 is 17.3 Å². The van der Waals surface area contributed by atoms with Crippen LogP contribution in [0.5, 0.6) is 0 Å². The van der Waals surface area contributed by atoms with Crippen LogP contribution in [0.4, 0.5) is 5.69 Å². The molecule has 4 rings (SSSR count). The molecule has 1 aromatic heterocycles. The molecule has 0 spiro atoms. The van der Waals surface area contributed by atoms with Crippen LogP contribution in [0.3, 0.4) is 0 Å². The number of carboxylic acid groups (broad SMARTS) is 1. The summed E-state index contributed by atoms with van der Waals surface area (Å²) in [5, 5.41) is 17.2. The third-order valence-corrected chi connectivity index (χ3v) is 5.24. The van der Waals surface area contributed by atoms with Crippen LogP contribution in [0.1, 0.15) is 32.8 Å². The third kappa shape index (κ3) is 2.28. The number of hydrogen-bond donors (Lipinski definition) is 2. The van der Waals surface area contributed by atoms with E-state index in [-0.39, 0.29) is 28.9 Å². The van der Waals surface area contributed by atoms with Gasteiger partial charge in [0.1, 0.15) is 0 Å². The first-order valence-electron chi connectivity index (χ1n) is 8.46. The number of fused-ring (bicyclic) bond motifs is 1. The lowest BCUT2D eigenvalue weighted by molar-refractivity contribution is -0.140. The number of allylic oxidation sites excluding steroid dienone is 2. The molecule has 7 heteroatoms. The molecule has 0 amide bonds. The Morgan fingerprint density at radius 2 is 1.89 bits per heavy atom. The minimum atomic E-state index is -1.74. The van der Waals surface area contributed by atoms with Crippen LogP contribution in [-0.2, 0) is 11.8 Å². The molecule has 2 aliphatic rings. The summed E-state index contributed by atoms with van der Waals surface area (Å²) in [5.41, 5.74) is 0.115. The Morgan fingerprint density at radius 3 is 2.48 bits per heavy atom. The maximum absolute atomic E-state index is 13.2. The monoisotopic (exact) mass is 363 g/mol. The number of benzene rings is 1. The normalized spacial score (nSPS) is 21.1. The molecule has 27 heavy (non-hydrogen) atoms. The Balaban J connectivity index is 1.93. The first-order chi connectivity index (χ1) is 12.9. The summed E-state index contributed by atoms with van der Waals surface area (Å²) in [4.78, 5) is 38.6. The topological polar surface area (TPSA) is 101 Å². The summed E-state index contributed by atoms with van der Waals surface area (Å²) in [6.07, 6.45) is 4.72. The molecule has 0 fully saturated rings. The first-order valence-corrected chi connectivity index (χ1v) is 8.46. The number of hydrogen-bond acceptors (Lipinski definition) is 5. The predicted octanol–water partition coefficient (Wildman–Crippen LogP) is 2.30. The van der Waals surface area contributed by atoms with E-state index in [0.29, 0.717) is 11.3 Å². The minimum absolute atomic E-state index is 0.0237. The molecule has 7 nitrogen and oxygen atoms in total. The van der Waals surface area contributed by atoms with Gasteiger partial charge in [-0.1, -0.05) is 36.4 Å². The number of rotatable bonds is 3. The zero-order valence-corrected chi connectivity index (χ0v) is 14.8. The first kappa shape index (κ1) is 17.0. The van der Waals surface area contributed by atoms with Gasteiger partial charge in [0.15, 0.2) is 17.1 Å². The van der Waals surface area contributed by atoms with Gasteiger partial charge < -0.3 is 10.4 Å². The van der Waals surface area contributed by atoms with E-state index in [1.165, 1.54) is 6.20 Å². The molecule has 1 unspecified atom stereocenters. The highest BCUT2D eigenvalue weighted by molar-refractivity contribution is 6.30. The summed E-state index contributed by atoms with van der Waals surface area (Å²) in [5.74, 6) is -2.00. The molecule has 2 aliphatic carbocycles. The molecule has 1 aromatic carbocycles. The van der Waals surface area contributed by atoms with E-state index in [9.17, 15) is 19.5 Å². The molecule has 0 aliphatic heterocycles. The van der Waals surface area contributed by atoms with Crippen LogP contribution in [0.15, 0.2) is 53.8 Å². The highest BCUT2D eigenvalue weighted by Gasteiger charge is 2.51. The number of carbonyl (C=O) groups is 3. The standard InChI is InChI=1S/C20H17N3O4/c1-11-15(10-21-23(11)2)22-20(19(26)27)9-5-8-14-16(20)18(25)13-7-4-3-6-12(13)17(14)24/h3-8,10,22H,9H2,1-2H3,(H,26,27). The van der Waals surface area contributed by atoms with E-state index in [4.69, 9.17) is 0 Å². The fourth-order valence-corrected chi connectivity index (χ4v) is 3.65. The van der Waals surface area contributed by atoms with Gasteiger partial charge in [0.25, 0.3) is 0 Å². The van der Waals surface area contributed by atoms with Gasteiger partial charge in [-0.05, 0) is 6.92 Å². The molecule has 2 N–H and O–H groups in total. The maximum atomic E-state index is 13.2. The van der Waals surface area contributed by atoms with Gasteiger partial charge in [0, 0.05) is 35.7 Å². The molecule has 136 valence electrons. The Morgan fingerprint density at radius 1 is 1.22 bits per heavy atom. The van der Waals surface area contributed by atoms with Crippen molar-refractivity contribution in [3.05, 3.63) is 70.6 Å². The van der Waals surface area contributed by atoms with E-state index in [1.807, 2.05) is 0 Å². The quantitative estimate of drug-likeness (QED) is 0.868. The zero-order valence-electron chi connectivity index (χ0n) is 14.8. The van der Waals surface area contributed by atoms with Crippen molar-refractivity contribution in [1.82, 2.24) is 9.78 Å². The van der Waals surface area contributed by atoms with Gasteiger partial charge >= 0.3 is 5.97 Å². The highest BCUT2D eigenvalue weighted by atomic mass is 16.4. The van der Waals surface area contributed by atoms with E-state index in [0.717, 1.165) is 5.69 Å². The second-order valence-electron chi connectivity index (χ2n) is 6.70. The number of anilines is 1. The van der Waals surface area contributed by atoms with Crippen molar-refractivity contribution >= 4 is 23.2 Å². The van der Waals surface area contributed by atoms with Crippen molar-refractivity contribution in [2.24, 2.45) is 7.05 Å². The number of carbonyl (C=O) groups excluding carboxylic acids is 2. The molecule has 0 radical (unpaired) electrons. The van der Waals surface area contributed by atoms with Crippen LogP contribution in [0.2, 0.25) is 0 Å². The molecule has 0 saturated carbocycles. The second-order valence-corrected chi connectivity index (χ2v) is 6.70. The number of nitrogens with one attached hydrogen (secondary N) is 1. The van der Waals surface area contributed by atoms with E-state index >= 15 is 0 Å². The smallest absolute Gasteiger partial charge is 0.334 e. The summed E-state index contributed by atoms with van der Waals surface area (Å²) >= 11 is 0. The molecular weight excluding hydrogens is 346 g/mol. The molecule has 1 atom stereocenters. The Bertz CT molecular complexity index is 1080. The number of ketones is 2. The van der Waals surface area contributed by atoms with Crippen molar-refractivity contribution in [2.75, 3.05) is 5.32 Å². The average molecular weight is 363 g/mol. The van der Waals surface area contributed by atoms with Crippen molar-refractivity contribution in [3.63, 3.8) is 0 Å². The molecular formula is C20H17N3O4. The number of carboxylic acids is 1.